The predicted octanol–water partition coefficient (Wildman–Crippen LogP) is 17.5. The second-order valence-corrected chi connectivity index (χ2v) is 19.1. The molecular weight excluding hydrogens is 913 g/mol. The zero-order valence-corrected chi connectivity index (χ0v) is 40.6. The summed E-state index contributed by atoms with van der Waals surface area (Å²) in [6.45, 7) is 0. The SMILES string of the molecule is c1ccc(-c2ccccc2-c2nc(-c3cc(-n4c5ccccc5c5ccccc54)c(-n4c5ccccc5c5ccccc54)c(-n4c5ccccc5c5ccccc54)c3)nc(-c3ccccc3-c3ccccc3)n2)cc1. The van der Waals surface area contributed by atoms with Crippen LogP contribution in [0.3, 0.4) is 0 Å². The van der Waals surface area contributed by atoms with Crippen LogP contribution >= 0.6 is 0 Å². The first-order valence-electron chi connectivity index (χ1n) is 25.4. The summed E-state index contributed by atoms with van der Waals surface area (Å²) in [6, 6.07) is 95.3. The van der Waals surface area contributed by atoms with Crippen molar-refractivity contribution in [3.05, 3.63) is 267 Å². The fourth-order valence-corrected chi connectivity index (χ4v) is 11.7. The summed E-state index contributed by atoms with van der Waals surface area (Å²) in [4.78, 5) is 16.7. The molecule has 4 heterocycles. The van der Waals surface area contributed by atoms with Crippen molar-refractivity contribution in [1.29, 1.82) is 0 Å². The molecule has 0 spiro atoms. The number of rotatable bonds is 8. The third-order valence-corrected chi connectivity index (χ3v) is 14.9. The molecule has 350 valence electrons. The summed E-state index contributed by atoms with van der Waals surface area (Å²) in [7, 11) is 0. The highest BCUT2D eigenvalue weighted by atomic mass is 15.1. The molecule has 0 radical (unpaired) electrons. The van der Waals surface area contributed by atoms with Gasteiger partial charge in [0, 0.05) is 49.0 Å². The van der Waals surface area contributed by atoms with E-state index >= 15 is 0 Å². The molecule has 6 nitrogen and oxygen atoms in total. The maximum atomic E-state index is 5.63. The monoisotopic (exact) mass is 956 g/mol. The molecule has 0 bridgehead atoms. The number of aromatic nitrogens is 6. The Labute approximate surface area is 432 Å². The van der Waals surface area contributed by atoms with Gasteiger partial charge in [-0.05, 0) is 70.8 Å². The van der Waals surface area contributed by atoms with Crippen LogP contribution in [0.5, 0.6) is 0 Å². The maximum absolute atomic E-state index is 5.63. The van der Waals surface area contributed by atoms with E-state index in [1.165, 1.54) is 32.3 Å². The van der Waals surface area contributed by atoms with Crippen molar-refractivity contribution in [3.63, 3.8) is 0 Å². The van der Waals surface area contributed by atoms with E-state index < -0.39 is 0 Å². The van der Waals surface area contributed by atoms with Crippen LogP contribution in [0.4, 0.5) is 0 Å². The molecule has 0 saturated carbocycles. The Hall–Kier alpha value is -10.2. The number of hydrogen-bond acceptors (Lipinski definition) is 3. The van der Waals surface area contributed by atoms with Crippen LogP contribution in [0, 0.1) is 0 Å². The van der Waals surface area contributed by atoms with Gasteiger partial charge in [0.25, 0.3) is 0 Å². The van der Waals surface area contributed by atoms with Crippen LogP contribution in [-0.2, 0) is 0 Å². The smallest absolute Gasteiger partial charge is 0.164 e. The highest BCUT2D eigenvalue weighted by Crippen LogP contribution is 2.45. The van der Waals surface area contributed by atoms with Crippen LogP contribution < -0.4 is 0 Å². The minimum atomic E-state index is 0.554. The molecule has 0 amide bonds. The summed E-state index contributed by atoms with van der Waals surface area (Å²) in [6.07, 6.45) is 0. The van der Waals surface area contributed by atoms with Gasteiger partial charge in [-0.25, -0.2) is 15.0 Å². The number of fused-ring (bicyclic) bond motifs is 9. The predicted molar refractivity (Wildman–Crippen MR) is 310 cm³/mol. The van der Waals surface area contributed by atoms with Gasteiger partial charge in [0.15, 0.2) is 17.5 Å². The molecule has 0 unspecified atom stereocenters. The molecule has 0 aliphatic carbocycles. The van der Waals surface area contributed by atoms with E-state index in [1.54, 1.807) is 0 Å². The number of para-hydroxylation sites is 6. The average Bonchev–Trinajstić information content (AvgIpc) is 4.19. The van der Waals surface area contributed by atoms with Gasteiger partial charge in [-0.2, -0.15) is 0 Å². The van der Waals surface area contributed by atoms with Gasteiger partial charge >= 0.3 is 0 Å². The van der Waals surface area contributed by atoms with Crippen LogP contribution in [0.2, 0.25) is 0 Å². The van der Waals surface area contributed by atoms with Crippen molar-refractivity contribution in [2.75, 3.05) is 0 Å². The van der Waals surface area contributed by atoms with Crippen molar-refractivity contribution in [3.8, 4) is 73.5 Å². The van der Waals surface area contributed by atoms with Crippen molar-refractivity contribution in [2.24, 2.45) is 0 Å². The molecule has 11 aromatic carbocycles. The third kappa shape index (κ3) is 6.77. The van der Waals surface area contributed by atoms with Gasteiger partial charge < -0.3 is 13.7 Å². The number of benzene rings is 11. The molecule has 4 aromatic heterocycles. The fourth-order valence-electron chi connectivity index (χ4n) is 11.7. The summed E-state index contributed by atoms with van der Waals surface area (Å²) in [5, 5.41) is 7.04. The lowest BCUT2D eigenvalue weighted by molar-refractivity contribution is 1.04. The second-order valence-electron chi connectivity index (χ2n) is 19.1. The molecule has 15 rings (SSSR count). The van der Waals surface area contributed by atoms with Crippen molar-refractivity contribution >= 4 is 65.4 Å². The minimum absolute atomic E-state index is 0.554. The molecule has 0 aliphatic rings. The summed E-state index contributed by atoms with van der Waals surface area (Å²) < 4.78 is 7.41. The first-order valence-corrected chi connectivity index (χ1v) is 25.4. The standard InChI is InChI=1S/C69H44N6/c1-3-23-45(24-4-1)48-27-7-9-35-56(48)68-70-67(71-69(72-68)57-36-10-8-28-49(57)46-25-5-2-6-26-46)47-43-64(73-58-37-17-11-29-50(58)51-30-12-18-38-59(51)73)66(75-62-41-21-15-33-54(62)55-34-16-22-42-63(55)75)65(44-47)74-60-39-19-13-31-52(60)53-32-14-20-40-61(53)74/h1-44H. The molecule has 0 fully saturated rings. The lowest BCUT2D eigenvalue weighted by Gasteiger charge is -2.23. The molecule has 0 saturated heterocycles. The number of nitrogens with zero attached hydrogens (tertiary/aromatic N) is 6. The molecule has 0 aliphatic heterocycles. The zero-order valence-electron chi connectivity index (χ0n) is 40.6. The Morgan fingerprint density at radius 3 is 0.827 bits per heavy atom. The van der Waals surface area contributed by atoms with Crippen LogP contribution in [0.15, 0.2) is 267 Å². The largest absolute Gasteiger partial charge is 0.307 e. The topological polar surface area (TPSA) is 53.5 Å². The van der Waals surface area contributed by atoms with Crippen LogP contribution in [-0.4, -0.2) is 28.7 Å². The van der Waals surface area contributed by atoms with E-state index in [9.17, 15) is 0 Å². The van der Waals surface area contributed by atoms with E-state index in [0.717, 1.165) is 89.1 Å². The van der Waals surface area contributed by atoms with Crippen molar-refractivity contribution < 1.29 is 0 Å². The maximum Gasteiger partial charge on any atom is 0.164 e. The molecule has 6 heteroatoms. The van der Waals surface area contributed by atoms with Crippen molar-refractivity contribution in [1.82, 2.24) is 28.7 Å². The fraction of sp³-hybridized carbons (Fsp3) is 0. The van der Waals surface area contributed by atoms with Gasteiger partial charge in [-0.15, -0.1) is 0 Å². The van der Waals surface area contributed by atoms with Gasteiger partial charge in [0.2, 0.25) is 0 Å². The lowest BCUT2D eigenvalue weighted by atomic mass is 9.98. The first-order chi connectivity index (χ1) is 37.2. The Balaban J connectivity index is 1.14. The van der Waals surface area contributed by atoms with Crippen LogP contribution in [0.1, 0.15) is 0 Å². The highest BCUT2D eigenvalue weighted by Gasteiger charge is 2.27. The minimum Gasteiger partial charge on any atom is -0.307 e. The molecule has 15 aromatic rings. The summed E-state index contributed by atoms with van der Waals surface area (Å²) >= 11 is 0. The number of hydrogen-bond donors (Lipinski definition) is 0. The van der Waals surface area contributed by atoms with Gasteiger partial charge in [-0.1, -0.05) is 218 Å². The first kappa shape index (κ1) is 42.5. The van der Waals surface area contributed by atoms with E-state index in [4.69, 9.17) is 15.0 Å². The summed E-state index contributed by atoms with van der Waals surface area (Å²) in [5.41, 5.74) is 16.5. The summed E-state index contributed by atoms with van der Waals surface area (Å²) in [5.74, 6) is 1.72. The second kappa shape index (κ2) is 17.3. The molecule has 75 heavy (non-hydrogen) atoms. The average molecular weight is 957 g/mol. The third-order valence-electron chi connectivity index (χ3n) is 14.9. The zero-order chi connectivity index (χ0) is 49.4. The Morgan fingerprint density at radius 2 is 0.480 bits per heavy atom. The Bertz CT molecular complexity index is 4320. The van der Waals surface area contributed by atoms with Crippen LogP contribution in [0.25, 0.3) is 139 Å². The molecular formula is C69H44N6. The highest BCUT2D eigenvalue weighted by molar-refractivity contribution is 6.14. The van der Waals surface area contributed by atoms with E-state index in [1.807, 2.05) is 0 Å². The van der Waals surface area contributed by atoms with Gasteiger partial charge in [0.1, 0.15) is 0 Å². The molecule has 0 atom stereocenters. The van der Waals surface area contributed by atoms with Gasteiger partial charge in [-0.3, -0.25) is 0 Å². The molecule has 0 N–H and O–H groups in total. The van der Waals surface area contributed by atoms with E-state index in [2.05, 4.69) is 281 Å². The lowest BCUT2D eigenvalue weighted by Crippen LogP contribution is -2.10. The van der Waals surface area contributed by atoms with E-state index in [-0.39, 0.29) is 0 Å². The van der Waals surface area contributed by atoms with Gasteiger partial charge in [0.05, 0.1) is 50.2 Å². The normalized spacial score (nSPS) is 11.7. The van der Waals surface area contributed by atoms with Crippen molar-refractivity contribution in [2.45, 2.75) is 0 Å². The van der Waals surface area contributed by atoms with E-state index in [0.29, 0.717) is 17.5 Å². The Kier molecular flexibility index (Phi) is 9.78. The quantitative estimate of drug-likeness (QED) is 0.152. The Morgan fingerprint density at radius 1 is 0.213 bits per heavy atom.